The number of benzene rings is 1. The molecule has 2 saturated heterocycles. The molecule has 17 heavy (non-hydrogen) atoms. The molecule has 90 valence electrons. The molecular formula is C13H14O4. The van der Waals surface area contributed by atoms with Gasteiger partial charge < -0.3 is 14.6 Å². The van der Waals surface area contributed by atoms with Gasteiger partial charge in [0.05, 0.1) is 12.5 Å². The van der Waals surface area contributed by atoms with Gasteiger partial charge in [0, 0.05) is 6.42 Å². The minimum absolute atomic E-state index is 0.130. The van der Waals surface area contributed by atoms with Crippen LogP contribution in [-0.2, 0) is 14.3 Å². The topological polar surface area (TPSA) is 55.8 Å². The second-order valence-electron chi connectivity index (χ2n) is 4.55. The van der Waals surface area contributed by atoms with Crippen molar-refractivity contribution in [3.8, 4) is 0 Å². The second-order valence-corrected chi connectivity index (χ2v) is 4.55. The fraction of sp³-hybridized carbons (Fsp3) is 0.462. The zero-order valence-corrected chi connectivity index (χ0v) is 9.28. The summed E-state index contributed by atoms with van der Waals surface area (Å²) in [5, 5.41) is 10.1. The van der Waals surface area contributed by atoms with Gasteiger partial charge in [-0.2, -0.15) is 0 Å². The minimum atomic E-state index is -0.780. The van der Waals surface area contributed by atoms with E-state index in [4.69, 9.17) is 9.47 Å². The average Bonchev–Trinajstić information content (AvgIpc) is 2.34. The van der Waals surface area contributed by atoms with Gasteiger partial charge in [0.15, 0.2) is 0 Å². The Bertz CT molecular complexity index is 417. The summed E-state index contributed by atoms with van der Waals surface area (Å²) in [6.45, 7) is 0. The molecule has 4 atom stereocenters. The molecule has 2 heterocycles. The smallest absolute Gasteiger partial charge is 0.308 e. The molecule has 1 aromatic rings. The Kier molecular flexibility index (Phi) is 2.61. The lowest BCUT2D eigenvalue weighted by Gasteiger charge is -2.42. The first-order valence-corrected chi connectivity index (χ1v) is 5.82. The molecule has 0 spiro atoms. The van der Waals surface area contributed by atoms with E-state index in [-0.39, 0.29) is 18.5 Å². The molecule has 2 aliphatic heterocycles. The van der Waals surface area contributed by atoms with Crippen molar-refractivity contribution in [2.24, 2.45) is 0 Å². The summed E-state index contributed by atoms with van der Waals surface area (Å²) in [4.78, 5) is 11.3. The molecule has 3 rings (SSSR count). The maximum atomic E-state index is 11.3. The van der Waals surface area contributed by atoms with Gasteiger partial charge in [-0.1, -0.05) is 30.3 Å². The van der Waals surface area contributed by atoms with Crippen molar-refractivity contribution >= 4 is 5.97 Å². The van der Waals surface area contributed by atoms with Gasteiger partial charge in [-0.05, 0) is 5.56 Å². The van der Waals surface area contributed by atoms with Crippen LogP contribution in [0.3, 0.4) is 0 Å². The van der Waals surface area contributed by atoms with Crippen molar-refractivity contribution < 1.29 is 19.4 Å². The van der Waals surface area contributed by atoms with Crippen LogP contribution in [0.5, 0.6) is 0 Å². The van der Waals surface area contributed by atoms with Crippen molar-refractivity contribution in [1.29, 1.82) is 0 Å². The summed E-state index contributed by atoms with van der Waals surface area (Å²) in [5.74, 6) is -0.281. The van der Waals surface area contributed by atoms with E-state index in [2.05, 4.69) is 0 Å². The van der Waals surface area contributed by atoms with Gasteiger partial charge in [0.2, 0.25) is 0 Å². The lowest BCUT2D eigenvalue weighted by atomic mass is 9.90. The monoisotopic (exact) mass is 234 g/mol. The van der Waals surface area contributed by atoms with Gasteiger partial charge in [-0.3, -0.25) is 4.79 Å². The van der Waals surface area contributed by atoms with Crippen LogP contribution in [0, 0.1) is 0 Å². The third kappa shape index (κ3) is 1.94. The molecule has 0 amide bonds. The third-order valence-corrected chi connectivity index (χ3v) is 3.33. The summed E-state index contributed by atoms with van der Waals surface area (Å²) in [5.41, 5.74) is 0.924. The average molecular weight is 234 g/mol. The highest BCUT2D eigenvalue weighted by Gasteiger charge is 2.44. The van der Waals surface area contributed by atoms with Gasteiger partial charge in [0.1, 0.15) is 18.3 Å². The van der Waals surface area contributed by atoms with E-state index < -0.39 is 18.3 Å². The third-order valence-electron chi connectivity index (χ3n) is 3.33. The number of esters is 1. The van der Waals surface area contributed by atoms with E-state index in [1.165, 1.54) is 0 Å². The molecule has 2 fully saturated rings. The van der Waals surface area contributed by atoms with E-state index in [1.807, 2.05) is 30.3 Å². The van der Waals surface area contributed by atoms with Crippen molar-refractivity contribution in [1.82, 2.24) is 0 Å². The number of fused-ring (bicyclic) bond motifs is 2. The maximum Gasteiger partial charge on any atom is 0.308 e. The van der Waals surface area contributed by atoms with Crippen molar-refractivity contribution in [3.63, 3.8) is 0 Å². The summed E-state index contributed by atoms with van der Waals surface area (Å²) in [6.07, 6.45) is -0.857. The Balaban J connectivity index is 1.86. The minimum Gasteiger partial charge on any atom is -0.459 e. The maximum absolute atomic E-state index is 11.3. The molecule has 0 aliphatic carbocycles. The van der Waals surface area contributed by atoms with Crippen LogP contribution in [0.2, 0.25) is 0 Å². The SMILES string of the molecule is O=C1CC2CC(O1)[C@H](O)C(c1ccccc1)O2. The van der Waals surface area contributed by atoms with Crippen molar-refractivity contribution in [3.05, 3.63) is 35.9 Å². The Morgan fingerprint density at radius 3 is 2.76 bits per heavy atom. The van der Waals surface area contributed by atoms with Gasteiger partial charge >= 0.3 is 5.97 Å². The van der Waals surface area contributed by atoms with E-state index in [9.17, 15) is 9.90 Å². The quantitative estimate of drug-likeness (QED) is 0.742. The zero-order chi connectivity index (χ0) is 11.8. The van der Waals surface area contributed by atoms with Crippen LogP contribution in [0.25, 0.3) is 0 Å². The number of ether oxygens (including phenoxy) is 2. The first kappa shape index (κ1) is 10.7. The molecule has 0 radical (unpaired) electrons. The van der Waals surface area contributed by atoms with E-state index in [0.29, 0.717) is 6.42 Å². The van der Waals surface area contributed by atoms with E-state index in [1.54, 1.807) is 0 Å². The summed E-state index contributed by atoms with van der Waals surface area (Å²) < 4.78 is 10.9. The molecular weight excluding hydrogens is 220 g/mol. The fourth-order valence-corrected chi connectivity index (χ4v) is 2.51. The normalized spacial score (nSPS) is 36.4. The first-order chi connectivity index (χ1) is 8.24. The predicted molar refractivity (Wildman–Crippen MR) is 59.2 cm³/mol. The summed E-state index contributed by atoms with van der Waals surface area (Å²) in [7, 11) is 0. The Morgan fingerprint density at radius 1 is 1.24 bits per heavy atom. The summed E-state index contributed by atoms with van der Waals surface area (Å²) in [6, 6.07) is 9.55. The first-order valence-electron chi connectivity index (χ1n) is 5.82. The predicted octanol–water partition coefficient (Wildman–Crippen LogP) is 1.19. The lowest BCUT2D eigenvalue weighted by Crippen LogP contribution is -2.50. The van der Waals surface area contributed by atoms with E-state index >= 15 is 0 Å². The van der Waals surface area contributed by atoms with Gasteiger partial charge in [-0.15, -0.1) is 0 Å². The van der Waals surface area contributed by atoms with Crippen LogP contribution >= 0.6 is 0 Å². The molecule has 0 aromatic heterocycles. The standard InChI is InChI=1S/C13H14O4/c14-11-7-9-6-10(17-11)12(15)13(16-9)8-4-2-1-3-5-8/h1-5,9-10,12-13,15H,6-7H2/t9?,10?,12-,13?/m0/s1. The highest BCUT2D eigenvalue weighted by molar-refractivity contribution is 5.71. The number of hydrogen-bond donors (Lipinski definition) is 1. The zero-order valence-electron chi connectivity index (χ0n) is 9.28. The van der Waals surface area contributed by atoms with Gasteiger partial charge in [0.25, 0.3) is 0 Å². The molecule has 1 N–H and O–H groups in total. The number of carbonyl (C=O) groups is 1. The van der Waals surface area contributed by atoms with Crippen LogP contribution in [0.15, 0.2) is 30.3 Å². The number of rotatable bonds is 1. The molecule has 3 unspecified atom stereocenters. The Morgan fingerprint density at radius 2 is 2.00 bits per heavy atom. The molecule has 2 bridgehead atoms. The molecule has 1 aromatic carbocycles. The molecule has 0 saturated carbocycles. The van der Waals surface area contributed by atoms with Crippen LogP contribution < -0.4 is 0 Å². The highest BCUT2D eigenvalue weighted by Crippen LogP contribution is 2.37. The fourth-order valence-electron chi connectivity index (χ4n) is 2.51. The van der Waals surface area contributed by atoms with E-state index in [0.717, 1.165) is 5.56 Å². The number of hydrogen-bond acceptors (Lipinski definition) is 4. The molecule has 4 heteroatoms. The molecule has 4 nitrogen and oxygen atoms in total. The second kappa shape index (κ2) is 4.13. The van der Waals surface area contributed by atoms with Crippen molar-refractivity contribution in [2.75, 3.05) is 0 Å². The highest BCUT2D eigenvalue weighted by atomic mass is 16.6. The Hall–Kier alpha value is -1.39. The van der Waals surface area contributed by atoms with Crippen LogP contribution in [-0.4, -0.2) is 29.4 Å². The molecule has 2 aliphatic rings. The van der Waals surface area contributed by atoms with Crippen LogP contribution in [0.1, 0.15) is 24.5 Å². The lowest BCUT2D eigenvalue weighted by molar-refractivity contribution is -0.218. The number of aliphatic hydroxyl groups is 1. The largest absolute Gasteiger partial charge is 0.459 e. The van der Waals surface area contributed by atoms with Crippen LogP contribution in [0.4, 0.5) is 0 Å². The number of carbonyl (C=O) groups excluding carboxylic acids is 1. The Labute approximate surface area is 99.2 Å². The summed E-state index contributed by atoms with van der Waals surface area (Å²) >= 11 is 0. The number of aliphatic hydroxyl groups excluding tert-OH is 1. The van der Waals surface area contributed by atoms with Crippen molar-refractivity contribution in [2.45, 2.75) is 37.3 Å². The van der Waals surface area contributed by atoms with Gasteiger partial charge in [-0.25, -0.2) is 0 Å².